The van der Waals surface area contributed by atoms with Crippen LogP contribution in [0.1, 0.15) is 18.4 Å². The molecular formula is C15H15BrN4. The number of hydrogen-bond donors (Lipinski definition) is 1. The maximum Gasteiger partial charge on any atom is 0.180 e. The zero-order valence-corrected chi connectivity index (χ0v) is 12.7. The monoisotopic (exact) mass is 330 g/mol. The van der Waals surface area contributed by atoms with Crippen molar-refractivity contribution < 1.29 is 0 Å². The van der Waals surface area contributed by atoms with E-state index in [2.05, 4.69) is 62.4 Å². The number of anilines is 1. The van der Waals surface area contributed by atoms with Crippen molar-refractivity contribution >= 4 is 27.4 Å². The summed E-state index contributed by atoms with van der Waals surface area (Å²) in [5.41, 5.74) is 2.16. The van der Waals surface area contributed by atoms with Crippen LogP contribution in [0.15, 0.2) is 53.5 Å². The van der Waals surface area contributed by atoms with Gasteiger partial charge in [-0.1, -0.05) is 37.3 Å². The van der Waals surface area contributed by atoms with E-state index in [0.29, 0.717) is 5.92 Å². The molecule has 0 spiro atoms. The average molecular weight is 331 g/mol. The molecule has 20 heavy (non-hydrogen) atoms. The minimum absolute atomic E-state index is 0.409. The fraction of sp³-hybridized carbons (Fsp3) is 0.200. The van der Waals surface area contributed by atoms with Gasteiger partial charge in [-0.25, -0.2) is 9.97 Å². The quantitative estimate of drug-likeness (QED) is 0.792. The molecule has 0 saturated carbocycles. The number of imidazole rings is 1. The van der Waals surface area contributed by atoms with Crippen molar-refractivity contribution in [3.05, 3.63) is 59.1 Å². The Balaban J connectivity index is 1.78. The van der Waals surface area contributed by atoms with E-state index in [1.807, 2.05) is 22.9 Å². The summed E-state index contributed by atoms with van der Waals surface area (Å²) < 4.78 is 2.74. The molecule has 102 valence electrons. The molecule has 1 unspecified atom stereocenters. The largest absolute Gasteiger partial charge is 0.366 e. The lowest BCUT2D eigenvalue weighted by Gasteiger charge is -2.14. The highest BCUT2D eigenvalue weighted by Gasteiger charge is 2.09. The molecular weight excluding hydrogens is 316 g/mol. The number of nitrogens with zero attached hydrogens (tertiary/aromatic N) is 3. The van der Waals surface area contributed by atoms with Crippen LogP contribution in [0.3, 0.4) is 0 Å². The van der Waals surface area contributed by atoms with Gasteiger partial charge in [-0.15, -0.1) is 0 Å². The van der Waals surface area contributed by atoms with Crippen molar-refractivity contribution in [2.24, 2.45) is 0 Å². The highest BCUT2D eigenvalue weighted by atomic mass is 79.9. The van der Waals surface area contributed by atoms with Crippen LogP contribution in [0.25, 0.3) is 5.65 Å². The van der Waals surface area contributed by atoms with E-state index >= 15 is 0 Å². The van der Waals surface area contributed by atoms with Crippen molar-refractivity contribution in [3.8, 4) is 0 Å². The predicted octanol–water partition coefficient (Wildman–Crippen LogP) is 3.71. The molecule has 0 aliphatic rings. The van der Waals surface area contributed by atoms with E-state index in [4.69, 9.17) is 0 Å². The summed E-state index contributed by atoms with van der Waals surface area (Å²) in [6.07, 6.45) is 5.58. The van der Waals surface area contributed by atoms with Gasteiger partial charge in [0.25, 0.3) is 0 Å². The molecule has 4 nitrogen and oxygen atoms in total. The highest BCUT2D eigenvalue weighted by molar-refractivity contribution is 9.10. The minimum atomic E-state index is 0.409. The molecule has 0 radical (unpaired) electrons. The van der Waals surface area contributed by atoms with Gasteiger partial charge in [0.05, 0.1) is 0 Å². The molecule has 0 amide bonds. The Labute approximate surface area is 126 Å². The lowest BCUT2D eigenvalue weighted by atomic mass is 10.0. The van der Waals surface area contributed by atoms with Crippen LogP contribution in [0.2, 0.25) is 0 Å². The van der Waals surface area contributed by atoms with Gasteiger partial charge in [-0.2, -0.15) is 0 Å². The van der Waals surface area contributed by atoms with Gasteiger partial charge in [0.1, 0.15) is 4.60 Å². The predicted molar refractivity (Wildman–Crippen MR) is 84.0 cm³/mol. The molecule has 0 saturated heterocycles. The number of nitrogens with one attached hydrogen (secondary N) is 1. The fourth-order valence-corrected chi connectivity index (χ4v) is 2.57. The first-order valence-corrected chi connectivity index (χ1v) is 7.31. The van der Waals surface area contributed by atoms with Gasteiger partial charge in [0.15, 0.2) is 11.5 Å². The summed E-state index contributed by atoms with van der Waals surface area (Å²) in [4.78, 5) is 8.79. The summed E-state index contributed by atoms with van der Waals surface area (Å²) in [5, 5.41) is 3.39. The zero-order chi connectivity index (χ0) is 13.9. The van der Waals surface area contributed by atoms with Crippen LogP contribution in [0.5, 0.6) is 0 Å². The lowest BCUT2D eigenvalue weighted by molar-refractivity contribution is 0.800. The van der Waals surface area contributed by atoms with E-state index in [0.717, 1.165) is 22.6 Å². The number of halogens is 1. The number of benzene rings is 1. The molecule has 3 aromatic rings. The van der Waals surface area contributed by atoms with E-state index in [1.165, 1.54) is 5.56 Å². The van der Waals surface area contributed by atoms with Crippen LogP contribution >= 0.6 is 15.9 Å². The van der Waals surface area contributed by atoms with Crippen LogP contribution in [0, 0.1) is 0 Å². The first kappa shape index (κ1) is 13.1. The van der Waals surface area contributed by atoms with Crippen molar-refractivity contribution in [1.29, 1.82) is 0 Å². The molecule has 0 aliphatic heterocycles. The standard InChI is InChI=1S/C15H15BrN4/c1-11(12-5-3-2-4-6-12)9-18-14-15-17-7-8-20(15)10-13(16)19-14/h2-8,10-11H,9H2,1H3,(H,18,19). The second-order valence-electron chi connectivity index (χ2n) is 4.76. The minimum Gasteiger partial charge on any atom is -0.366 e. The van der Waals surface area contributed by atoms with Gasteiger partial charge in [0, 0.05) is 25.1 Å². The van der Waals surface area contributed by atoms with Gasteiger partial charge < -0.3 is 9.72 Å². The number of fused-ring (bicyclic) bond motifs is 1. The fourth-order valence-electron chi connectivity index (χ4n) is 2.17. The van der Waals surface area contributed by atoms with Gasteiger partial charge in [0.2, 0.25) is 0 Å². The molecule has 0 fully saturated rings. The van der Waals surface area contributed by atoms with Crippen molar-refractivity contribution in [3.63, 3.8) is 0 Å². The van der Waals surface area contributed by atoms with E-state index < -0.39 is 0 Å². The normalized spacial score (nSPS) is 12.5. The third-order valence-corrected chi connectivity index (χ3v) is 3.67. The SMILES string of the molecule is CC(CNc1nc(Br)cn2ccnc12)c1ccccc1. The van der Waals surface area contributed by atoms with E-state index in [1.54, 1.807) is 6.20 Å². The van der Waals surface area contributed by atoms with Crippen LogP contribution in [-0.2, 0) is 0 Å². The van der Waals surface area contributed by atoms with Crippen molar-refractivity contribution in [2.45, 2.75) is 12.8 Å². The second kappa shape index (κ2) is 5.63. The topological polar surface area (TPSA) is 42.2 Å². The molecule has 0 bridgehead atoms. The van der Waals surface area contributed by atoms with Crippen LogP contribution < -0.4 is 5.32 Å². The summed E-state index contributed by atoms with van der Waals surface area (Å²) in [7, 11) is 0. The first-order valence-electron chi connectivity index (χ1n) is 6.52. The second-order valence-corrected chi connectivity index (χ2v) is 5.58. The van der Waals surface area contributed by atoms with Crippen LogP contribution in [-0.4, -0.2) is 20.9 Å². The van der Waals surface area contributed by atoms with Crippen molar-refractivity contribution in [1.82, 2.24) is 14.4 Å². The lowest BCUT2D eigenvalue weighted by Crippen LogP contribution is -2.12. The summed E-state index contributed by atoms with van der Waals surface area (Å²) in [6.45, 7) is 3.01. The maximum atomic E-state index is 4.46. The number of aromatic nitrogens is 3. The maximum absolute atomic E-state index is 4.46. The molecule has 1 atom stereocenters. The Kier molecular flexibility index (Phi) is 3.69. The van der Waals surface area contributed by atoms with Crippen LogP contribution in [0.4, 0.5) is 5.82 Å². The van der Waals surface area contributed by atoms with Gasteiger partial charge >= 0.3 is 0 Å². The first-order chi connectivity index (χ1) is 9.74. The Bertz CT molecular complexity index is 708. The Morgan fingerprint density at radius 3 is 2.90 bits per heavy atom. The molecule has 2 heterocycles. The molecule has 3 rings (SSSR count). The third kappa shape index (κ3) is 2.67. The average Bonchev–Trinajstić information content (AvgIpc) is 2.93. The molecule has 1 N–H and O–H groups in total. The Morgan fingerprint density at radius 2 is 2.10 bits per heavy atom. The molecule has 2 aromatic heterocycles. The smallest absolute Gasteiger partial charge is 0.180 e. The Hall–Kier alpha value is -1.88. The molecule has 1 aromatic carbocycles. The van der Waals surface area contributed by atoms with Gasteiger partial charge in [-0.05, 0) is 27.4 Å². The van der Waals surface area contributed by atoms with Gasteiger partial charge in [-0.3, -0.25) is 0 Å². The summed E-state index contributed by atoms with van der Waals surface area (Å²) >= 11 is 3.42. The van der Waals surface area contributed by atoms with Crippen molar-refractivity contribution in [2.75, 3.05) is 11.9 Å². The van der Waals surface area contributed by atoms with E-state index in [-0.39, 0.29) is 0 Å². The number of hydrogen-bond acceptors (Lipinski definition) is 3. The molecule has 5 heteroatoms. The number of rotatable bonds is 4. The summed E-state index contributed by atoms with van der Waals surface area (Å²) in [6, 6.07) is 10.5. The van der Waals surface area contributed by atoms with E-state index in [9.17, 15) is 0 Å². The molecule has 0 aliphatic carbocycles. The highest BCUT2D eigenvalue weighted by Crippen LogP contribution is 2.19. The zero-order valence-electron chi connectivity index (χ0n) is 11.1. The Morgan fingerprint density at radius 1 is 1.30 bits per heavy atom. The third-order valence-electron chi connectivity index (χ3n) is 3.29. The summed E-state index contributed by atoms with van der Waals surface area (Å²) in [5.74, 6) is 1.21.